The van der Waals surface area contributed by atoms with Crippen molar-refractivity contribution >= 4 is 17.5 Å². The topological polar surface area (TPSA) is 69.6 Å². The van der Waals surface area contributed by atoms with Gasteiger partial charge in [0.25, 0.3) is 5.91 Å². The number of nitrogens with one attached hydrogen (secondary N) is 1. The van der Waals surface area contributed by atoms with Crippen LogP contribution in [0, 0.1) is 0 Å². The Kier molecular flexibility index (Phi) is 4.62. The predicted octanol–water partition coefficient (Wildman–Crippen LogP) is 2.33. The minimum absolute atomic E-state index is 0.0171. The number of nitrogens with zero attached hydrogens (tertiary/aromatic N) is 1. The van der Waals surface area contributed by atoms with E-state index < -0.39 is 12.0 Å². The normalized spacial score (nSPS) is 17.8. The third kappa shape index (κ3) is 3.16. The Morgan fingerprint density at radius 3 is 2.50 bits per heavy atom. The van der Waals surface area contributed by atoms with Crippen molar-refractivity contribution in [1.29, 1.82) is 0 Å². The summed E-state index contributed by atoms with van der Waals surface area (Å²) in [6, 6.07) is 16.2. The Balaban J connectivity index is 1.79. The molecule has 0 bridgehead atoms. The van der Waals surface area contributed by atoms with E-state index in [1.165, 1.54) is 6.92 Å². The molecule has 2 aromatic carbocycles. The number of para-hydroxylation sites is 1. The van der Waals surface area contributed by atoms with E-state index in [-0.39, 0.29) is 11.9 Å². The summed E-state index contributed by atoms with van der Waals surface area (Å²) in [7, 11) is 0. The molecule has 0 radical (unpaired) electrons. The van der Waals surface area contributed by atoms with Gasteiger partial charge in [0.1, 0.15) is 0 Å². The van der Waals surface area contributed by atoms with Crippen LogP contribution in [-0.2, 0) is 9.59 Å². The minimum Gasteiger partial charge on any atom is -0.378 e. The third-order valence-electron chi connectivity index (χ3n) is 4.30. The standard InChI is InChI=1S/C19H20N2O3/c1-13(22)21-12-11-16(15-9-5-6-10-17(15)21)20-19(24)18(23)14-7-3-2-4-8-14/h2-10,16,18,23H,11-12H2,1H3,(H,20,24)/t16-,18+/m1/s1. The van der Waals surface area contributed by atoms with Gasteiger partial charge in [-0.1, -0.05) is 48.5 Å². The van der Waals surface area contributed by atoms with Crippen LogP contribution in [0.3, 0.4) is 0 Å². The SMILES string of the molecule is CC(=O)N1CC[C@@H](NC(=O)[C@@H](O)c2ccccc2)c2ccccc21. The summed E-state index contributed by atoms with van der Waals surface area (Å²) >= 11 is 0. The molecule has 0 aliphatic carbocycles. The van der Waals surface area contributed by atoms with Gasteiger partial charge in [-0.05, 0) is 23.6 Å². The monoisotopic (exact) mass is 324 g/mol. The molecule has 24 heavy (non-hydrogen) atoms. The van der Waals surface area contributed by atoms with Crippen molar-refractivity contribution in [3.05, 3.63) is 65.7 Å². The molecular formula is C19H20N2O3. The number of hydrogen-bond acceptors (Lipinski definition) is 3. The number of aliphatic hydroxyl groups excluding tert-OH is 1. The van der Waals surface area contributed by atoms with E-state index in [1.807, 2.05) is 30.3 Å². The number of hydrogen-bond donors (Lipinski definition) is 2. The van der Waals surface area contributed by atoms with E-state index >= 15 is 0 Å². The number of fused-ring (bicyclic) bond motifs is 1. The van der Waals surface area contributed by atoms with Gasteiger partial charge in [-0.2, -0.15) is 0 Å². The van der Waals surface area contributed by atoms with Crippen molar-refractivity contribution < 1.29 is 14.7 Å². The summed E-state index contributed by atoms with van der Waals surface area (Å²) < 4.78 is 0. The minimum atomic E-state index is -1.20. The number of anilines is 1. The predicted molar refractivity (Wildman–Crippen MR) is 91.4 cm³/mol. The van der Waals surface area contributed by atoms with Crippen LogP contribution in [0.4, 0.5) is 5.69 Å². The molecule has 2 atom stereocenters. The van der Waals surface area contributed by atoms with Gasteiger partial charge in [-0.25, -0.2) is 0 Å². The van der Waals surface area contributed by atoms with Crippen molar-refractivity contribution in [3.8, 4) is 0 Å². The lowest BCUT2D eigenvalue weighted by Gasteiger charge is -2.34. The van der Waals surface area contributed by atoms with Crippen molar-refractivity contribution in [3.63, 3.8) is 0 Å². The maximum absolute atomic E-state index is 12.4. The quantitative estimate of drug-likeness (QED) is 0.910. The van der Waals surface area contributed by atoms with Crippen LogP contribution >= 0.6 is 0 Å². The molecule has 1 aliphatic rings. The molecular weight excluding hydrogens is 304 g/mol. The van der Waals surface area contributed by atoms with Crippen molar-refractivity contribution in [2.45, 2.75) is 25.5 Å². The Bertz CT molecular complexity index is 745. The summed E-state index contributed by atoms with van der Waals surface area (Å²) in [4.78, 5) is 25.9. The first-order chi connectivity index (χ1) is 11.6. The fraction of sp³-hybridized carbons (Fsp3) is 0.263. The molecule has 3 rings (SSSR count). The van der Waals surface area contributed by atoms with Crippen LogP contribution in [0.1, 0.15) is 36.6 Å². The summed E-state index contributed by atoms with van der Waals surface area (Å²) in [6.45, 7) is 2.08. The van der Waals surface area contributed by atoms with Gasteiger partial charge in [0, 0.05) is 19.2 Å². The molecule has 2 amide bonds. The largest absolute Gasteiger partial charge is 0.378 e. The fourth-order valence-corrected chi connectivity index (χ4v) is 3.08. The van der Waals surface area contributed by atoms with Crippen molar-refractivity contribution in [1.82, 2.24) is 5.32 Å². The lowest BCUT2D eigenvalue weighted by Crippen LogP contribution is -2.41. The number of aliphatic hydroxyl groups is 1. The maximum atomic E-state index is 12.4. The van der Waals surface area contributed by atoms with E-state index in [1.54, 1.807) is 29.2 Å². The Morgan fingerprint density at radius 2 is 1.79 bits per heavy atom. The summed E-state index contributed by atoms with van der Waals surface area (Å²) in [5.74, 6) is -0.450. The van der Waals surface area contributed by atoms with Crippen LogP contribution in [0.25, 0.3) is 0 Å². The van der Waals surface area contributed by atoms with Crippen molar-refractivity contribution in [2.24, 2.45) is 0 Å². The van der Waals surface area contributed by atoms with Gasteiger partial charge in [0.05, 0.1) is 6.04 Å². The van der Waals surface area contributed by atoms with E-state index in [0.29, 0.717) is 18.5 Å². The van der Waals surface area contributed by atoms with Crippen LogP contribution < -0.4 is 10.2 Å². The number of benzene rings is 2. The highest BCUT2D eigenvalue weighted by molar-refractivity contribution is 5.93. The second kappa shape index (κ2) is 6.84. The third-order valence-corrected chi connectivity index (χ3v) is 4.30. The van der Waals surface area contributed by atoms with Gasteiger partial charge in [-0.15, -0.1) is 0 Å². The molecule has 0 fully saturated rings. The van der Waals surface area contributed by atoms with E-state index in [9.17, 15) is 14.7 Å². The van der Waals surface area contributed by atoms with E-state index in [4.69, 9.17) is 0 Å². The molecule has 1 aliphatic heterocycles. The summed E-state index contributed by atoms with van der Waals surface area (Å²) in [5.41, 5.74) is 2.27. The van der Waals surface area contributed by atoms with Crippen LogP contribution in [0.15, 0.2) is 54.6 Å². The summed E-state index contributed by atoms with van der Waals surface area (Å²) in [5, 5.41) is 13.1. The van der Waals surface area contributed by atoms with Gasteiger partial charge in [-0.3, -0.25) is 9.59 Å². The van der Waals surface area contributed by atoms with Crippen LogP contribution in [0.2, 0.25) is 0 Å². The number of rotatable bonds is 3. The second-order valence-corrected chi connectivity index (χ2v) is 5.89. The molecule has 2 aromatic rings. The van der Waals surface area contributed by atoms with Gasteiger partial charge in [0.2, 0.25) is 5.91 Å². The zero-order valence-corrected chi connectivity index (χ0v) is 13.5. The first-order valence-corrected chi connectivity index (χ1v) is 7.98. The Hall–Kier alpha value is -2.66. The Morgan fingerprint density at radius 1 is 1.12 bits per heavy atom. The molecule has 0 saturated heterocycles. The van der Waals surface area contributed by atoms with Crippen LogP contribution in [0.5, 0.6) is 0 Å². The summed E-state index contributed by atoms with van der Waals surface area (Å²) in [6.07, 6.45) is -0.590. The van der Waals surface area contributed by atoms with Crippen molar-refractivity contribution in [2.75, 3.05) is 11.4 Å². The Labute approximate surface area is 140 Å². The molecule has 124 valence electrons. The second-order valence-electron chi connectivity index (χ2n) is 5.89. The lowest BCUT2D eigenvalue weighted by atomic mass is 9.95. The molecule has 0 saturated carbocycles. The lowest BCUT2D eigenvalue weighted by molar-refractivity contribution is -0.130. The average Bonchev–Trinajstić information content (AvgIpc) is 2.61. The number of carbonyl (C=O) groups excluding carboxylic acids is 2. The first-order valence-electron chi connectivity index (χ1n) is 7.98. The zero-order chi connectivity index (χ0) is 17.1. The van der Waals surface area contributed by atoms with Gasteiger partial charge in [0.15, 0.2) is 6.10 Å². The van der Waals surface area contributed by atoms with E-state index in [0.717, 1.165) is 11.3 Å². The molecule has 0 spiro atoms. The number of carbonyl (C=O) groups is 2. The van der Waals surface area contributed by atoms with Crippen LogP contribution in [-0.4, -0.2) is 23.5 Å². The zero-order valence-electron chi connectivity index (χ0n) is 13.5. The smallest absolute Gasteiger partial charge is 0.253 e. The number of amides is 2. The van der Waals surface area contributed by atoms with Gasteiger partial charge >= 0.3 is 0 Å². The molecule has 5 heteroatoms. The molecule has 0 aromatic heterocycles. The average molecular weight is 324 g/mol. The van der Waals surface area contributed by atoms with E-state index in [2.05, 4.69) is 5.32 Å². The highest BCUT2D eigenvalue weighted by atomic mass is 16.3. The van der Waals surface area contributed by atoms with Gasteiger partial charge < -0.3 is 15.3 Å². The first kappa shape index (κ1) is 16.2. The highest BCUT2D eigenvalue weighted by Crippen LogP contribution is 2.34. The molecule has 0 unspecified atom stereocenters. The molecule has 1 heterocycles. The maximum Gasteiger partial charge on any atom is 0.253 e. The molecule has 2 N–H and O–H groups in total. The highest BCUT2D eigenvalue weighted by Gasteiger charge is 2.29. The molecule has 5 nitrogen and oxygen atoms in total. The fourth-order valence-electron chi connectivity index (χ4n) is 3.08.